The number of benzene rings is 2. The zero-order valence-electron chi connectivity index (χ0n) is 18.4. The molecule has 3 rings (SSSR count). The van der Waals surface area contributed by atoms with Crippen molar-refractivity contribution in [1.29, 1.82) is 0 Å². The van der Waals surface area contributed by atoms with Gasteiger partial charge in [-0.2, -0.15) is 0 Å². The molecule has 1 heterocycles. The molecule has 1 saturated heterocycles. The number of carbonyl (C=O) groups is 2. The van der Waals surface area contributed by atoms with Gasteiger partial charge in [0.15, 0.2) is 0 Å². The molecule has 7 nitrogen and oxygen atoms in total. The van der Waals surface area contributed by atoms with Crippen LogP contribution in [-0.4, -0.2) is 55.3 Å². The number of nitrogens with two attached hydrogens (primary N) is 1. The summed E-state index contributed by atoms with van der Waals surface area (Å²) in [7, 11) is 0. The van der Waals surface area contributed by atoms with Crippen molar-refractivity contribution in [3.05, 3.63) is 53.8 Å². The number of nitrogens with one attached hydrogen (secondary N) is 2. The number of piperazine rings is 1. The van der Waals surface area contributed by atoms with E-state index < -0.39 is 18.0 Å². The topological polar surface area (TPSA) is 90.7 Å². The molecule has 0 aromatic heterocycles. The first-order chi connectivity index (χ1) is 15.4. The summed E-state index contributed by atoms with van der Waals surface area (Å²) in [6.45, 7) is 8.62. The van der Waals surface area contributed by atoms with Crippen molar-refractivity contribution in [3.8, 4) is 0 Å². The minimum atomic E-state index is -0.429. The molecule has 2 aromatic carbocycles. The molecule has 9 heteroatoms. The number of nitrogens with zero attached hydrogens (tertiary/aromatic N) is 2. The van der Waals surface area contributed by atoms with E-state index in [4.69, 9.17) is 5.73 Å². The van der Waals surface area contributed by atoms with Crippen molar-refractivity contribution in [2.75, 3.05) is 48.7 Å². The number of urea groups is 1. The number of rotatable bonds is 8. The van der Waals surface area contributed by atoms with E-state index in [2.05, 4.69) is 27.4 Å². The van der Waals surface area contributed by atoms with Gasteiger partial charge in [-0.3, -0.25) is 4.79 Å². The SMILES string of the molecule is CCN1CCN(c2ccc(F)cc2C(C)NC(=O)Nc2ccccc2SCC(N)=O)CC1. The molecule has 1 aliphatic heterocycles. The summed E-state index contributed by atoms with van der Waals surface area (Å²) in [5, 5.41) is 5.73. The Hall–Kier alpha value is -2.78. The molecule has 3 amide bonds. The zero-order valence-corrected chi connectivity index (χ0v) is 19.3. The Morgan fingerprint density at radius 2 is 1.88 bits per heavy atom. The quantitative estimate of drug-likeness (QED) is 0.526. The van der Waals surface area contributed by atoms with Gasteiger partial charge in [0.1, 0.15) is 5.82 Å². The van der Waals surface area contributed by atoms with E-state index in [1.807, 2.05) is 19.1 Å². The number of hydrogen-bond acceptors (Lipinski definition) is 5. The van der Waals surface area contributed by atoms with Gasteiger partial charge in [0.25, 0.3) is 0 Å². The van der Waals surface area contributed by atoms with Gasteiger partial charge >= 0.3 is 6.03 Å². The van der Waals surface area contributed by atoms with Crippen LogP contribution in [0.5, 0.6) is 0 Å². The molecule has 0 spiro atoms. The summed E-state index contributed by atoms with van der Waals surface area (Å²) in [5.74, 6) is -0.645. The Morgan fingerprint density at radius 3 is 2.56 bits per heavy atom. The first-order valence-electron chi connectivity index (χ1n) is 10.7. The normalized spacial score (nSPS) is 15.3. The number of halogens is 1. The summed E-state index contributed by atoms with van der Waals surface area (Å²) in [4.78, 5) is 29.2. The number of para-hydroxylation sites is 1. The van der Waals surface area contributed by atoms with Crippen LogP contribution in [0.2, 0.25) is 0 Å². The van der Waals surface area contributed by atoms with Gasteiger partial charge in [-0.25, -0.2) is 9.18 Å². The average molecular weight is 460 g/mol. The van der Waals surface area contributed by atoms with Crippen molar-refractivity contribution in [3.63, 3.8) is 0 Å². The van der Waals surface area contributed by atoms with Crippen molar-refractivity contribution >= 4 is 35.1 Å². The standard InChI is InChI=1S/C23H30FN5O2S/c1-3-28-10-12-29(13-11-28)20-9-8-17(24)14-18(20)16(2)26-23(31)27-19-6-4-5-7-21(19)32-15-22(25)30/h4-9,14,16H,3,10-13,15H2,1-2H3,(H2,25,30)(H2,26,27,31). The van der Waals surface area contributed by atoms with Crippen LogP contribution in [0.25, 0.3) is 0 Å². The van der Waals surface area contributed by atoms with Crippen LogP contribution in [0, 0.1) is 5.82 Å². The van der Waals surface area contributed by atoms with Crippen molar-refractivity contribution in [2.45, 2.75) is 24.8 Å². The first-order valence-corrected chi connectivity index (χ1v) is 11.7. The number of primary amides is 1. The maximum atomic E-state index is 14.1. The third-order valence-electron chi connectivity index (χ3n) is 5.47. The summed E-state index contributed by atoms with van der Waals surface area (Å²) in [6.07, 6.45) is 0. The Balaban J connectivity index is 1.70. The fourth-order valence-electron chi connectivity index (χ4n) is 3.74. The minimum Gasteiger partial charge on any atom is -0.369 e. The smallest absolute Gasteiger partial charge is 0.319 e. The van der Waals surface area contributed by atoms with E-state index in [-0.39, 0.29) is 11.6 Å². The van der Waals surface area contributed by atoms with Gasteiger partial charge in [0, 0.05) is 42.3 Å². The van der Waals surface area contributed by atoms with Gasteiger partial charge in [0.05, 0.1) is 17.5 Å². The van der Waals surface area contributed by atoms with Gasteiger partial charge < -0.3 is 26.2 Å². The number of thioether (sulfide) groups is 1. The van der Waals surface area contributed by atoms with E-state index >= 15 is 0 Å². The van der Waals surface area contributed by atoms with Gasteiger partial charge in [0.2, 0.25) is 5.91 Å². The van der Waals surface area contributed by atoms with E-state index in [1.165, 1.54) is 23.9 Å². The lowest BCUT2D eigenvalue weighted by Gasteiger charge is -2.37. The molecule has 4 N–H and O–H groups in total. The largest absolute Gasteiger partial charge is 0.369 e. The van der Waals surface area contributed by atoms with E-state index in [9.17, 15) is 14.0 Å². The number of carbonyl (C=O) groups excluding carboxylic acids is 2. The molecule has 1 atom stereocenters. The lowest BCUT2D eigenvalue weighted by atomic mass is 10.0. The molecule has 1 aliphatic rings. The molecule has 2 aromatic rings. The molecule has 0 saturated carbocycles. The van der Waals surface area contributed by atoms with Crippen LogP contribution >= 0.6 is 11.8 Å². The third-order valence-corrected chi connectivity index (χ3v) is 6.56. The second-order valence-corrected chi connectivity index (χ2v) is 8.71. The highest BCUT2D eigenvalue weighted by atomic mass is 32.2. The number of amides is 3. The van der Waals surface area contributed by atoms with Crippen LogP contribution < -0.4 is 21.3 Å². The Morgan fingerprint density at radius 1 is 1.16 bits per heavy atom. The van der Waals surface area contributed by atoms with Crippen molar-refractivity contribution in [2.24, 2.45) is 5.73 Å². The Kier molecular flexibility index (Phi) is 8.35. The molecule has 0 aliphatic carbocycles. The van der Waals surface area contributed by atoms with Gasteiger partial charge in [-0.05, 0) is 43.8 Å². The highest BCUT2D eigenvalue weighted by molar-refractivity contribution is 8.00. The maximum Gasteiger partial charge on any atom is 0.319 e. The molecule has 0 bridgehead atoms. The first kappa shape index (κ1) is 23.9. The Bertz CT molecular complexity index is 950. The highest BCUT2D eigenvalue weighted by Gasteiger charge is 2.22. The second-order valence-electron chi connectivity index (χ2n) is 7.70. The summed E-state index contributed by atoms with van der Waals surface area (Å²) < 4.78 is 14.1. The lowest BCUT2D eigenvalue weighted by Crippen LogP contribution is -2.46. The van der Waals surface area contributed by atoms with Crippen LogP contribution in [0.1, 0.15) is 25.5 Å². The van der Waals surface area contributed by atoms with E-state index in [1.54, 1.807) is 18.2 Å². The molecule has 1 unspecified atom stereocenters. The van der Waals surface area contributed by atoms with E-state index in [0.717, 1.165) is 48.9 Å². The molecule has 172 valence electrons. The van der Waals surface area contributed by atoms with Crippen LogP contribution in [0.4, 0.5) is 20.6 Å². The van der Waals surface area contributed by atoms with Crippen LogP contribution in [0.3, 0.4) is 0 Å². The number of anilines is 2. The number of likely N-dealkylation sites (N-methyl/N-ethyl adjacent to an activating group) is 1. The van der Waals surface area contributed by atoms with Gasteiger partial charge in [-0.15, -0.1) is 11.8 Å². The second kappa shape index (κ2) is 11.2. The monoisotopic (exact) mass is 459 g/mol. The van der Waals surface area contributed by atoms with Gasteiger partial charge in [-0.1, -0.05) is 19.1 Å². The molecule has 32 heavy (non-hydrogen) atoms. The number of hydrogen-bond donors (Lipinski definition) is 3. The summed E-state index contributed by atoms with van der Waals surface area (Å²) in [6, 6.07) is 11.1. The van der Waals surface area contributed by atoms with Crippen LogP contribution in [-0.2, 0) is 4.79 Å². The summed E-state index contributed by atoms with van der Waals surface area (Å²) in [5.41, 5.74) is 7.49. The lowest BCUT2D eigenvalue weighted by molar-refractivity contribution is -0.115. The van der Waals surface area contributed by atoms with Crippen molar-refractivity contribution in [1.82, 2.24) is 10.2 Å². The van der Waals surface area contributed by atoms with E-state index in [0.29, 0.717) is 5.69 Å². The van der Waals surface area contributed by atoms with Crippen LogP contribution in [0.15, 0.2) is 47.4 Å². The zero-order chi connectivity index (χ0) is 23.1. The molecule has 1 fully saturated rings. The predicted molar refractivity (Wildman–Crippen MR) is 128 cm³/mol. The Labute approximate surface area is 192 Å². The average Bonchev–Trinajstić information content (AvgIpc) is 2.78. The fraction of sp³-hybridized carbons (Fsp3) is 0.391. The molecular weight excluding hydrogens is 429 g/mol. The maximum absolute atomic E-state index is 14.1. The minimum absolute atomic E-state index is 0.120. The van der Waals surface area contributed by atoms with Crippen molar-refractivity contribution < 1.29 is 14.0 Å². The predicted octanol–water partition coefficient (Wildman–Crippen LogP) is 3.43. The highest BCUT2D eigenvalue weighted by Crippen LogP contribution is 2.29. The fourth-order valence-corrected chi connectivity index (χ4v) is 4.49. The third kappa shape index (κ3) is 6.37. The summed E-state index contributed by atoms with van der Waals surface area (Å²) >= 11 is 1.26. The molecule has 0 radical (unpaired) electrons. The molecular formula is C23H30FN5O2S.